The van der Waals surface area contributed by atoms with Crippen molar-refractivity contribution < 1.29 is 0 Å². The minimum absolute atomic E-state index is 0.989. The highest BCUT2D eigenvalue weighted by molar-refractivity contribution is 5.77. The third kappa shape index (κ3) is 2.23. The van der Waals surface area contributed by atoms with Gasteiger partial charge in [-0.15, -0.1) is 0 Å². The molecule has 4 heteroatoms. The van der Waals surface area contributed by atoms with Gasteiger partial charge < -0.3 is 4.57 Å². The average molecular weight is 302 g/mol. The first-order valence-corrected chi connectivity index (χ1v) is 7.81. The molecule has 4 aromatic rings. The second kappa shape index (κ2) is 5.39. The van der Waals surface area contributed by atoms with Crippen LogP contribution in [0.2, 0.25) is 0 Å². The monoisotopic (exact) mass is 302 g/mol. The molecule has 0 bridgehead atoms. The number of para-hydroxylation sites is 2. The van der Waals surface area contributed by atoms with E-state index in [-0.39, 0.29) is 0 Å². The predicted octanol–water partition coefficient (Wildman–Crippen LogP) is 3.99. The molecule has 4 rings (SSSR count). The van der Waals surface area contributed by atoms with Crippen molar-refractivity contribution in [2.24, 2.45) is 7.05 Å². The lowest BCUT2D eigenvalue weighted by Crippen LogP contribution is -1.98. The molecule has 0 saturated heterocycles. The van der Waals surface area contributed by atoms with Crippen molar-refractivity contribution in [2.45, 2.75) is 13.3 Å². The molecule has 23 heavy (non-hydrogen) atoms. The van der Waals surface area contributed by atoms with Crippen molar-refractivity contribution in [3.63, 3.8) is 0 Å². The lowest BCUT2D eigenvalue weighted by atomic mass is 10.2. The summed E-state index contributed by atoms with van der Waals surface area (Å²) in [5, 5.41) is 0. The Morgan fingerprint density at radius 1 is 0.957 bits per heavy atom. The van der Waals surface area contributed by atoms with Gasteiger partial charge in [0.2, 0.25) is 0 Å². The van der Waals surface area contributed by atoms with Gasteiger partial charge in [0.25, 0.3) is 0 Å². The number of hydrogen-bond acceptors (Lipinski definition) is 2. The van der Waals surface area contributed by atoms with Crippen LogP contribution in [0.4, 0.5) is 0 Å². The zero-order valence-corrected chi connectivity index (χ0v) is 13.3. The Balaban J connectivity index is 1.74. The van der Waals surface area contributed by atoms with Gasteiger partial charge in [-0.3, -0.25) is 4.57 Å². The largest absolute Gasteiger partial charge is 0.331 e. The zero-order valence-electron chi connectivity index (χ0n) is 13.3. The van der Waals surface area contributed by atoms with Gasteiger partial charge in [0.15, 0.2) is 0 Å². The summed E-state index contributed by atoms with van der Waals surface area (Å²) in [4.78, 5) is 8.99. The quantitative estimate of drug-likeness (QED) is 0.573. The lowest BCUT2D eigenvalue weighted by molar-refractivity contribution is 0.842. The molecule has 2 aromatic heterocycles. The van der Waals surface area contributed by atoms with Gasteiger partial charge >= 0.3 is 0 Å². The maximum absolute atomic E-state index is 4.54. The Labute approximate surface area is 135 Å². The van der Waals surface area contributed by atoms with Gasteiger partial charge in [-0.1, -0.05) is 19.1 Å². The molecule has 0 saturated carbocycles. The number of imidazole rings is 2. The smallest absolute Gasteiger partial charge is 0.139 e. The summed E-state index contributed by atoms with van der Waals surface area (Å²) in [6, 6.07) is 16.6. The van der Waals surface area contributed by atoms with Gasteiger partial charge in [-0.2, -0.15) is 0 Å². The van der Waals surface area contributed by atoms with E-state index in [0.717, 1.165) is 34.5 Å². The number of fused-ring (bicyclic) bond motifs is 1. The first kappa shape index (κ1) is 13.8. The zero-order chi connectivity index (χ0) is 15.8. The van der Waals surface area contributed by atoms with E-state index < -0.39 is 0 Å². The molecular weight excluding hydrogens is 284 g/mol. The third-order valence-corrected chi connectivity index (χ3v) is 4.30. The molecule has 2 heterocycles. The molecule has 114 valence electrons. The van der Waals surface area contributed by atoms with Crippen LogP contribution >= 0.6 is 0 Å². The summed E-state index contributed by atoms with van der Waals surface area (Å²) >= 11 is 0. The summed E-state index contributed by atoms with van der Waals surface area (Å²) in [5.74, 6) is 1.00. The van der Waals surface area contributed by atoms with Crippen LogP contribution in [0.15, 0.2) is 61.1 Å². The van der Waals surface area contributed by atoms with Crippen molar-refractivity contribution in [1.82, 2.24) is 19.1 Å². The maximum atomic E-state index is 4.54. The van der Waals surface area contributed by atoms with Crippen molar-refractivity contribution >= 4 is 11.0 Å². The highest BCUT2D eigenvalue weighted by Gasteiger charge is 2.08. The molecule has 0 amide bonds. The van der Waals surface area contributed by atoms with Crippen LogP contribution in [0.5, 0.6) is 0 Å². The number of rotatable bonds is 3. The van der Waals surface area contributed by atoms with Gasteiger partial charge in [0, 0.05) is 30.2 Å². The fraction of sp³-hybridized carbons (Fsp3) is 0.158. The van der Waals surface area contributed by atoms with E-state index in [1.54, 1.807) is 0 Å². The Kier molecular flexibility index (Phi) is 3.23. The minimum Gasteiger partial charge on any atom is -0.331 e. The number of hydrogen-bond donors (Lipinski definition) is 0. The second-order valence-electron chi connectivity index (χ2n) is 5.64. The molecule has 0 unspecified atom stereocenters. The molecule has 0 N–H and O–H groups in total. The topological polar surface area (TPSA) is 35.6 Å². The SMILES string of the molecule is CCc1cnc(-c2ccc(-n3cnc4ccccc43)cc2)n1C. The molecule has 0 fully saturated rings. The summed E-state index contributed by atoms with van der Waals surface area (Å²) < 4.78 is 4.26. The van der Waals surface area contributed by atoms with Crippen LogP contribution in [0.25, 0.3) is 28.1 Å². The van der Waals surface area contributed by atoms with E-state index in [4.69, 9.17) is 0 Å². The van der Waals surface area contributed by atoms with Crippen LogP contribution in [0.1, 0.15) is 12.6 Å². The molecule has 0 aliphatic rings. The van der Waals surface area contributed by atoms with E-state index in [2.05, 4.69) is 63.4 Å². The van der Waals surface area contributed by atoms with Crippen molar-refractivity contribution in [2.75, 3.05) is 0 Å². The van der Waals surface area contributed by atoms with E-state index in [9.17, 15) is 0 Å². The number of benzene rings is 2. The molecular formula is C19H18N4. The van der Waals surface area contributed by atoms with E-state index in [1.807, 2.05) is 30.7 Å². The van der Waals surface area contributed by atoms with Gasteiger partial charge in [-0.25, -0.2) is 9.97 Å². The highest BCUT2D eigenvalue weighted by atomic mass is 15.1. The molecule has 0 aliphatic carbocycles. The van der Waals surface area contributed by atoms with Crippen molar-refractivity contribution in [1.29, 1.82) is 0 Å². The van der Waals surface area contributed by atoms with Crippen molar-refractivity contribution in [3.8, 4) is 17.1 Å². The average Bonchev–Trinajstić information content (AvgIpc) is 3.18. The molecule has 4 nitrogen and oxygen atoms in total. The fourth-order valence-electron chi connectivity index (χ4n) is 2.98. The summed E-state index contributed by atoms with van der Waals surface area (Å²) in [6.07, 6.45) is 4.81. The molecule has 2 aromatic carbocycles. The van der Waals surface area contributed by atoms with E-state index in [1.165, 1.54) is 5.69 Å². The lowest BCUT2D eigenvalue weighted by Gasteiger charge is -2.07. The summed E-state index contributed by atoms with van der Waals surface area (Å²) in [6.45, 7) is 2.15. The van der Waals surface area contributed by atoms with Crippen molar-refractivity contribution in [3.05, 3.63) is 66.7 Å². The Morgan fingerprint density at radius 3 is 2.48 bits per heavy atom. The fourth-order valence-corrected chi connectivity index (χ4v) is 2.98. The Bertz CT molecular complexity index is 961. The summed E-state index contributed by atoms with van der Waals surface area (Å²) in [5.41, 5.74) is 5.59. The first-order chi connectivity index (χ1) is 11.3. The summed E-state index contributed by atoms with van der Waals surface area (Å²) in [7, 11) is 2.07. The Hall–Kier alpha value is -2.88. The van der Waals surface area contributed by atoms with Gasteiger partial charge in [0.05, 0.1) is 11.0 Å². The normalized spacial score (nSPS) is 11.2. The predicted molar refractivity (Wildman–Crippen MR) is 92.7 cm³/mol. The van der Waals surface area contributed by atoms with E-state index >= 15 is 0 Å². The second-order valence-corrected chi connectivity index (χ2v) is 5.64. The number of aromatic nitrogens is 4. The number of nitrogens with zero attached hydrogens (tertiary/aromatic N) is 4. The van der Waals surface area contributed by atoms with E-state index in [0.29, 0.717) is 0 Å². The van der Waals surface area contributed by atoms with Gasteiger partial charge in [0.1, 0.15) is 12.2 Å². The van der Waals surface area contributed by atoms with Crippen LogP contribution in [-0.4, -0.2) is 19.1 Å². The molecule has 0 radical (unpaired) electrons. The first-order valence-electron chi connectivity index (χ1n) is 7.81. The minimum atomic E-state index is 0.989. The Morgan fingerprint density at radius 2 is 1.74 bits per heavy atom. The van der Waals surface area contributed by atoms with Gasteiger partial charge in [-0.05, 0) is 42.8 Å². The molecule has 0 spiro atoms. The maximum Gasteiger partial charge on any atom is 0.139 e. The van der Waals surface area contributed by atoms with Crippen LogP contribution in [-0.2, 0) is 13.5 Å². The third-order valence-electron chi connectivity index (χ3n) is 4.30. The standard InChI is InChI=1S/C19H18N4/c1-3-15-12-20-19(22(15)2)14-8-10-16(11-9-14)23-13-21-17-6-4-5-7-18(17)23/h4-13H,3H2,1-2H3. The molecule has 0 atom stereocenters. The number of aryl methyl sites for hydroxylation is 1. The van der Waals surface area contributed by atoms with Crippen LogP contribution < -0.4 is 0 Å². The van der Waals surface area contributed by atoms with Crippen LogP contribution in [0, 0.1) is 0 Å². The molecule has 0 aliphatic heterocycles. The van der Waals surface area contributed by atoms with Crippen LogP contribution in [0.3, 0.4) is 0 Å². The highest BCUT2D eigenvalue weighted by Crippen LogP contribution is 2.23.